The molecule has 0 spiro atoms. The Bertz CT molecular complexity index is 1220. The maximum absolute atomic E-state index is 12.3. The fraction of sp³-hybridized carbons (Fsp3) is 0.222. The number of nitriles is 1. The van der Waals surface area contributed by atoms with Crippen LogP contribution in [0.1, 0.15) is 11.4 Å². The van der Waals surface area contributed by atoms with Crippen molar-refractivity contribution in [3.05, 3.63) is 53.9 Å². The van der Waals surface area contributed by atoms with Gasteiger partial charge < -0.3 is 10.1 Å². The van der Waals surface area contributed by atoms with Gasteiger partial charge in [-0.05, 0) is 52.9 Å². The Hall–Kier alpha value is -3.66. The molecule has 162 valence electrons. The molecule has 1 N–H and O–H groups in total. The molecule has 0 bridgehead atoms. The highest BCUT2D eigenvalue weighted by atomic mass is 32.2. The van der Waals surface area contributed by atoms with Gasteiger partial charge in [-0.25, -0.2) is 8.42 Å². The lowest BCUT2D eigenvalue weighted by molar-refractivity contribution is -0.153. The average Bonchev–Trinajstić information content (AvgIpc) is 3.18. The molecular weight excluding hydrogens is 437 g/mol. The molecule has 31 heavy (non-hydrogen) atoms. The maximum atomic E-state index is 12.3. The molecule has 3 aromatic rings. The predicted octanol–water partition coefficient (Wildman–Crippen LogP) is 2.49. The van der Waals surface area contributed by atoms with Gasteiger partial charge >= 0.3 is 6.18 Å². The lowest BCUT2D eigenvalue weighted by Gasteiger charge is -2.12. The summed E-state index contributed by atoms with van der Waals surface area (Å²) in [5.74, 6) is 0.198. The lowest BCUT2D eigenvalue weighted by atomic mass is 10.2. The molecule has 0 radical (unpaired) electrons. The Morgan fingerprint density at radius 3 is 2.52 bits per heavy atom. The van der Waals surface area contributed by atoms with Crippen molar-refractivity contribution in [2.45, 2.75) is 17.6 Å². The van der Waals surface area contributed by atoms with E-state index >= 15 is 0 Å². The summed E-state index contributed by atoms with van der Waals surface area (Å²) in [6, 6.07) is 11.8. The first-order valence-corrected chi connectivity index (χ1v) is 10.5. The van der Waals surface area contributed by atoms with E-state index in [1.165, 1.54) is 35.0 Å². The van der Waals surface area contributed by atoms with Gasteiger partial charge in [-0.3, -0.25) is 0 Å². The van der Waals surface area contributed by atoms with Crippen molar-refractivity contribution in [1.82, 2.24) is 20.2 Å². The number of anilines is 1. The van der Waals surface area contributed by atoms with Gasteiger partial charge in [-0.15, -0.1) is 5.10 Å². The van der Waals surface area contributed by atoms with Gasteiger partial charge in [0, 0.05) is 11.9 Å². The fourth-order valence-electron chi connectivity index (χ4n) is 2.54. The number of aromatic nitrogens is 4. The largest absolute Gasteiger partial charge is 0.483 e. The lowest BCUT2D eigenvalue weighted by Crippen LogP contribution is -2.19. The molecule has 0 fully saturated rings. The van der Waals surface area contributed by atoms with Gasteiger partial charge in [0.05, 0.1) is 22.7 Å². The third-order valence-electron chi connectivity index (χ3n) is 3.99. The first-order chi connectivity index (χ1) is 14.6. The van der Waals surface area contributed by atoms with E-state index in [1.807, 2.05) is 0 Å². The molecule has 3 rings (SSSR count). The van der Waals surface area contributed by atoms with Crippen molar-refractivity contribution in [3.8, 4) is 17.5 Å². The molecule has 0 saturated carbocycles. The Balaban J connectivity index is 1.73. The van der Waals surface area contributed by atoms with Crippen LogP contribution in [0.4, 0.5) is 18.9 Å². The van der Waals surface area contributed by atoms with Crippen molar-refractivity contribution < 1.29 is 26.3 Å². The number of tetrazole rings is 1. The molecule has 13 heteroatoms. The van der Waals surface area contributed by atoms with Crippen LogP contribution < -0.4 is 10.1 Å². The zero-order chi connectivity index (χ0) is 22.6. The highest BCUT2D eigenvalue weighted by Crippen LogP contribution is 2.25. The van der Waals surface area contributed by atoms with Crippen molar-refractivity contribution in [2.24, 2.45) is 0 Å². The summed E-state index contributed by atoms with van der Waals surface area (Å²) in [6.07, 6.45) is -3.41. The number of ether oxygens (including phenoxy) is 1. The number of halogens is 3. The van der Waals surface area contributed by atoms with Crippen LogP contribution in [0.25, 0.3) is 5.69 Å². The third kappa shape index (κ3) is 5.70. The fourth-order valence-corrected chi connectivity index (χ4v) is 3.18. The predicted molar refractivity (Wildman–Crippen MR) is 102 cm³/mol. The highest BCUT2D eigenvalue weighted by Gasteiger charge is 2.28. The number of nitrogens with zero attached hydrogens (tertiary/aromatic N) is 5. The molecule has 0 saturated heterocycles. The Morgan fingerprint density at radius 2 is 1.90 bits per heavy atom. The van der Waals surface area contributed by atoms with E-state index in [0.717, 1.165) is 6.26 Å². The van der Waals surface area contributed by atoms with Gasteiger partial charge in [0.15, 0.2) is 22.3 Å². The first-order valence-electron chi connectivity index (χ1n) is 8.62. The number of rotatable bonds is 7. The SMILES string of the molecule is CS(=O)(=O)c1ccc(-n2nnnc2CNc2ccc(OCC(F)(F)F)c(C#N)c2)cc1. The normalized spacial score (nSPS) is 11.7. The third-order valence-corrected chi connectivity index (χ3v) is 5.11. The van der Waals surface area contributed by atoms with Crippen LogP contribution in [-0.4, -0.2) is 47.7 Å². The van der Waals surface area contributed by atoms with Gasteiger partial charge in [-0.2, -0.15) is 23.1 Å². The molecule has 0 aliphatic rings. The van der Waals surface area contributed by atoms with E-state index in [0.29, 0.717) is 17.2 Å². The summed E-state index contributed by atoms with van der Waals surface area (Å²) in [7, 11) is -3.34. The van der Waals surface area contributed by atoms with Crippen LogP contribution in [0.15, 0.2) is 47.4 Å². The monoisotopic (exact) mass is 452 g/mol. The Morgan fingerprint density at radius 1 is 1.19 bits per heavy atom. The molecule has 0 unspecified atom stereocenters. The second-order valence-corrected chi connectivity index (χ2v) is 8.37. The zero-order valence-electron chi connectivity index (χ0n) is 16.0. The number of sulfone groups is 1. The van der Waals surface area contributed by atoms with E-state index in [1.54, 1.807) is 18.2 Å². The van der Waals surface area contributed by atoms with Crippen LogP contribution >= 0.6 is 0 Å². The molecule has 0 amide bonds. The van der Waals surface area contributed by atoms with Crippen molar-refractivity contribution in [1.29, 1.82) is 5.26 Å². The molecule has 1 aromatic heterocycles. The van der Waals surface area contributed by atoms with Crippen molar-refractivity contribution in [2.75, 3.05) is 18.2 Å². The van der Waals surface area contributed by atoms with Gasteiger partial charge in [0.25, 0.3) is 0 Å². The summed E-state index contributed by atoms with van der Waals surface area (Å²) < 4.78 is 66.2. The second kappa shape index (κ2) is 8.60. The van der Waals surface area contributed by atoms with Gasteiger partial charge in [0.1, 0.15) is 11.8 Å². The minimum absolute atomic E-state index is 0.0646. The molecule has 0 aliphatic heterocycles. The molecular formula is C18H15F3N6O3S. The smallest absolute Gasteiger partial charge is 0.422 e. The molecule has 1 heterocycles. The van der Waals surface area contributed by atoms with Crippen LogP contribution in [0.5, 0.6) is 5.75 Å². The molecule has 9 nitrogen and oxygen atoms in total. The summed E-state index contributed by atoms with van der Waals surface area (Å²) in [4.78, 5) is 0.154. The quantitative estimate of drug-likeness (QED) is 0.580. The van der Waals surface area contributed by atoms with Crippen molar-refractivity contribution >= 4 is 15.5 Å². The summed E-state index contributed by atoms with van der Waals surface area (Å²) in [5.41, 5.74) is 0.908. The van der Waals surface area contributed by atoms with Gasteiger partial charge in [0.2, 0.25) is 0 Å². The number of hydrogen-bond acceptors (Lipinski definition) is 8. The van der Waals surface area contributed by atoms with E-state index < -0.39 is 22.6 Å². The number of hydrogen-bond donors (Lipinski definition) is 1. The van der Waals surface area contributed by atoms with Crippen molar-refractivity contribution in [3.63, 3.8) is 0 Å². The zero-order valence-corrected chi connectivity index (χ0v) is 16.8. The van der Waals surface area contributed by atoms with Crippen LogP contribution in [0.2, 0.25) is 0 Å². The van der Waals surface area contributed by atoms with E-state index in [9.17, 15) is 26.9 Å². The van der Waals surface area contributed by atoms with E-state index in [2.05, 4.69) is 25.6 Å². The minimum Gasteiger partial charge on any atom is -0.483 e. The molecule has 0 atom stereocenters. The average molecular weight is 452 g/mol. The van der Waals surface area contributed by atoms with Crippen LogP contribution in [0.3, 0.4) is 0 Å². The number of benzene rings is 2. The highest BCUT2D eigenvalue weighted by molar-refractivity contribution is 7.90. The standard InChI is InChI=1S/C18H15F3N6O3S/c1-31(28,29)15-5-3-14(4-6-15)27-17(24-25-26-27)10-23-13-2-7-16(12(8-13)9-22)30-11-18(19,20)21/h2-8,23H,10-11H2,1H3. The van der Waals surface area contributed by atoms with Gasteiger partial charge in [-0.1, -0.05) is 0 Å². The molecule has 0 aliphatic carbocycles. The summed E-state index contributed by atoms with van der Waals surface area (Å²) in [5, 5.41) is 23.5. The molecule has 2 aromatic carbocycles. The number of alkyl halides is 3. The second-order valence-electron chi connectivity index (χ2n) is 6.35. The maximum Gasteiger partial charge on any atom is 0.422 e. The summed E-state index contributed by atoms with van der Waals surface area (Å²) in [6.45, 7) is -1.38. The van der Waals surface area contributed by atoms with Crippen LogP contribution in [-0.2, 0) is 16.4 Å². The summed E-state index contributed by atoms with van der Waals surface area (Å²) >= 11 is 0. The Kier molecular flexibility index (Phi) is 6.11. The van der Waals surface area contributed by atoms with Crippen LogP contribution in [0, 0.1) is 11.3 Å². The van der Waals surface area contributed by atoms with E-state index in [4.69, 9.17) is 0 Å². The topological polar surface area (TPSA) is 123 Å². The van der Waals surface area contributed by atoms with E-state index in [-0.39, 0.29) is 22.8 Å². The first kappa shape index (κ1) is 22.0. The number of nitrogens with one attached hydrogen (secondary N) is 1. The Labute approximate surface area is 175 Å². The minimum atomic E-state index is -4.51.